The van der Waals surface area contributed by atoms with E-state index in [1.807, 2.05) is 18.2 Å². The second-order valence-corrected chi connectivity index (χ2v) is 31.3. The molecule has 0 saturated carbocycles. The van der Waals surface area contributed by atoms with Gasteiger partial charge >= 0.3 is 0 Å². The Hall–Kier alpha value is -4.61. The second-order valence-electron chi connectivity index (χ2n) is 19.7. The molecule has 0 atom stereocenters. The van der Waals surface area contributed by atoms with Crippen LogP contribution in [0.1, 0.15) is 124 Å². The number of fused-ring (bicyclic) bond motifs is 2. The van der Waals surface area contributed by atoms with Gasteiger partial charge in [0.25, 0.3) is 16.6 Å². The van der Waals surface area contributed by atoms with Crippen LogP contribution < -0.4 is 8.85 Å². The molecule has 4 nitrogen and oxygen atoms in total. The molecule has 0 amide bonds. The van der Waals surface area contributed by atoms with Crippen molar-refractivity contribution in [1.82, 2.24) is 0 Å². The minimum atomic E-state index is -1.96. The van der Waals surface area contributed by atoms with E-state index in [-0.39, 0.29) is 13.2 Å². The summed E-state index contributed by atoms with van der Waals surface area (Å²) in [6, 6.07) is 41.8. The normalized spacial score (nSPS) is 11.6. The zero-order valence-corrected chi connectivity index (χ0v) is 46.0. The molecule has 0 heterocycles. The van der Waals surface area contributed by atoms with E-state index in [0.717, 1.165) is 58.3 Å². The second kappa shape index (κ2) is 26.2. The van der Waals surface area contributed by atoms with Crippen LogP contribution in [-0.4, -0.2) is 40.1 Å². The van der Waals surface area contributed by atoms with E-state index < -0.39 is 16.6 Å². The van der Waals surface area contributed by atoms with Crippen LogP contribution >= 0.6 is 15.9 Å². The molecule has 0 saturated heterocycles. The van der Waals surface area contributed by atoms with Gasteiger partial charge < -0.3 is 19.1 Å². The molecule has 67 heavy (non-hydrogen) atoms. The van der Waals surface area contributed by atoms with Gasteiger partial charge in [0.15, 0.2) is 0 Å². The summed E-state index contributed by atoms with van der Waals surface area (Å²) in [5.74, 6) is 11.2. The topological polar surface area (TPSA) is 58.9 Å². The van der Waals surface area contributed by atoms with E-state index in [1.54, 1.807) is 0 Å². The van der Waals surface area contributed by atoms with Crippen LogP contribution in [0.4, 0.5) is 0 Å². The molecule has 0 aliphatic heterocycles. The summed E-state index contributed by atoms with van der Waals surface area (Å²) < 4.78 is 14.7. The van der Waals surface area contributed by atoms with Gasteiger partial charge in [-0.25, -0.2) is 0 Å². The summed E-state index contributed by atoms with van der Waals surface area (Å²) in [6.45, 7) is 28.3. The van der Waals surface area contributed by atoms with Gasteiger partial charge in [-0.2, -0.15) is 0 Å². The van der Waals surface area contributed by atoms with Crippen molar-refractivity contribution in [3.63, 3.8) is 0 Å². The molecule has 0 unspecified atom stereocenters. The Bertz CT molecular complexity index is 2520. The first-order valence-corrected chi connectivity index (χ1v) is 29.5. The fraction of sp³-hybridized carbons (Fsp3) is 0.400. The summed E-state index contributed by atoms with van der Waals surface area (Å²) in [5.41, 5.74) is 8.81. The third kappa shape index (κ3) is 14.9. The van der Waals surface area contributed by atoms with Crippen LogP contribution in [0.15, 0.2) is 126 Å². The highest BCUT2D eigenvalue weighted by Crippen LogP contribution is 2.44. The van der Waals surface area contributed by atoms with E-state index in [9.17, 15) is 0 Å². The lowest BCUT2D eigenvalue weighted by atomic mass is 10.1. The molecule has 2 N–H and O–H groups in total. The molecule has 0 fully saturated rings. The number of aliphatic hydroxyl groups is 2. The molecule has 0 spiro atoms. The number of hydrogen-bond donors (Lipinski definition) is 2. The lowest BCUT2D eigenvalue weighted by molar-refractivity contribution is 0.288. The molecular weight excluding hydrogens is 921 g/mol. The summed E-state index contributed by atoms with van der Waals surface area (Å²) in [7, 11) is -3.87. The number of terminal acetylenes is 1. The van der Waals surface area contributed by atoms with Crippen molar-refractivity contribution in [3.8, 4) is 35.7 Å². The highest BCUT2D eigenvalue weighted by molar-refractivity contribution is 9.10. The van der Waals surface area contributed by atoms with Crippen molar-refractivity contribution >= 4 is 54.1 Å². The van der Waals surface area contributed by atoms with E-state index in [1.165, 1.54) is 32.7 Å². The third-order valence-corrected chi connectivity index (χ3v) is 25.8. The van der Waals surface area contributed by atoms with Crippen molar-refractivity contribution in [2.45, 2.75) is 142 Å². The molecule has 7 heteroatoms. The smallest absolute Gasteiger partial charge is 0.258 e. The Morgan fingerprint density at radius 2 is 0.776 bits per heavy atom. The van der Waals surface area contributed by atoms with E-state index >= 15 is 0 Å². The maximum atomic E-state index is 8.97. The average Bonchev–Trinajstić information content (AvgIpc) is 3.30. The Morgan fingerprint density at radius 1 is 0.448 bits per heavy atom. The standard InChI is InChI=1S/C30H38O2Si.C21H28OSi.C9H11BrO/c1-22(2)33(23(3)4,24(5)6)32-30-18-17-28-20-27(15-16-29(28)21-30)14-13-26-11-9-25(10-12-26)8-7-19-31;1-8-18-9-10-20-14-21(12-11-19(20)13-18)22-23(15(2)3,16(4)5)17(6)7;10-9-5-3-8(4-6-9)2-1-7-11/h9-12,15-18,20-24,31H,7-8,19H2,1-6H3;1,9-17H,2-7H3;3-6,11H,1-2,7H2. The van der Waals surface area contributed by atoms with Crippen LogP contribution in [0, 0.1) is 24.2 Å². The number of aryl methyl sites for hydroxylation is 2. The Balaban J connectivity index is 0.000000248. The maximum Gasteiger partial charge on any atom is 0.258 e. The van der Waals surface area contributed by atoms with Crippen molar-refractivity contribution in [1.29, 1.82) is 0 Å². The van der Waals surface area contributed by atoms with Crippen LogP contribution in [0.25, 0.3) is 21.5 Å². The number of benzene rings is 6. The molecule has 6 rings (SSSR count). The zero-order chi connectivity index (χ0) is 49.3. The Labute approximate surface area is 415 Å². The van der Waals surface area contributed by atoms with E-state index in [4.69, 9.17) is 25.5 Å². The first-order chi connectivity index (χ1) is 31.9. The SMILES string of the molecule is C#Cc1ccc2cc(O[Si](C(C)C)(C(C)C)C(C)C)ccc2c1.CC(C)[Si](Oc1ccc2cc(C#Cc3ccc(CCCO)cc3)ccc2c1)(C(C)C)C(C)C.OCCCc1ccc(Br)cc1. The molecule has 356 valence electrons. The first kappa shape index (κ1) is 55.0. The highest BCUT2D eigenvalue weighted by atomic mass is 79.9. The van der Waals surface area contributed by atoms with Gasteiger partial charge in [-0.1, -0.05) is 165 Å². The Morgan fingerprint density at radius 3 is 1.16 bits per heavy atom. The lowest BCUT2D eigenvalue weighted by Crippen LogP contribution is -2.50. The van der Waals surface area contributed by atoms with Crippen molar-refractivity contribution in [2.75, 3.05) is 13.2 Å². The number of halogens is 1. The number of aliphatic hydroxyl groups excluding tert-OH is 2. The predicted octanol–water partition coefficient (Wildman–Crippen LogP) is 16.5. The number of hydrogen-bond acceptors (Lipinski definition) is 4. The number of rotatable bonds is 16. The quantitative estimate of drug-likeness (QED) is 0.0749. The fourth-order valence-corrected chi connectivity index (χ4v) is 20.7. The first-order valence-electron chi connectivity index (χ1n) is 24.4. The maximum absolute atomic E-state index is 8.97. The van der Waals surface area contributed by atoms with Gasteiger partial charge in [0.1, 0.15) is 11.5 Å². The molecule has 0 aromatic heterocycles. The van der Waals surface area contributed by atoms with Crippen LogP contribution in [-0.2, 0) is 12.8 Å². The van der Waals surface area contributed by atoms with Crippen LogP contribution in [0.5, 0.6) is 11.5 Å². The minimum Gasteiger partial charge on any atom is -0.543 e. The Kier molecular flexibility index (Phi) is 21.5. The van der Waals surface area contributed by atoms with Crippen LogP contribution in [0.3, 0.4) is 0 Å². The van der Waals surface area contributed by atoms with E-state index in [2.05, 4.69) is 220 Å². The molecule has 0 aliphatic rings. The molecule has 6 aromatic rings. The van der Waals surface area contributed by atoms with Crippen molar-refractivity contribution in [3.05, 3.63) is 154 Å². The minimum absolute atomic E-state index is 0.229. The van der Waals surface area contributed by atoms with Gasteiger partial charge in [-0.15, -0.1) is 6.42 Å². The van der Waals surface area contributed by atoms with Gasteiger partial charge in [-0.3, -0.25) is 0 Å². The summed E-state index contributed by atoms with van der Waals surface area (Å²) in [6.07, 6.45) is 8.99. The van der Waals surface area contributed by atoms with Crippen molar-refractivity contribution in [2.24, 2.45) is 0 Å². The molecule has 0 radical (unpaired) electrons. The third-order valence-electron chi connectivity index (χ3n) is 13.3. The van der Waals surface area contributed by atoms with Gasteiger partial charge in [-0.05, 0) is 164 Å². The molecule has 0 aliphatic carbocycles. The lowest BCUT2D eigenvalue weighted by Gasteiger charge is -2.42. The van der Waals surface area contributed by atoms with Crippen molar-refractivity contribution < 1.29 is 19.1 Å². The summed E-state index contributed by atoms with van der Waals surface area (Å²) in [5, 5.41) is 22.3. The monoisotopic (exact) mass is 996 g/mol. The average molecular weight is 998 g/mol. The molecular formula is C60H77BrO4Si2. The fourth-order valence-electron chi connectivity index (χ4n) is 9.97. The van der Waals surface area contributed by atoms with Gasteiger partial charge in [0.05, 0.1) is 0 Å². The molecule has 0 bridgehead atoms. The van der Waals surface area contributed by atoms with Gasteiger partial charge in [0, 0.05) is 34.4 Å². The zero-order valence-electron chi connectivity index (χ0n) is 42.4. The van der Waals surface area contributed by atoms with E-state index in [0.29, 0.717) is 33.2 Å². The predicted molar refractivity (Wildman–Crippen MR) is 297 cm³/mol. The highest BCUT2D eigenvalue weighted by Gasteiger charge is 2.48. The van der Waals surface area contributed by atoms with Gasteiger partial charge in [0.2, 0.25) is 0 Å². The molecule has 6 aromatic carbocycles. The summed E-state index contributed by atoms with van der Waals surface area (Å²) in [4.78, 5) is 0. The summed E-state index contributed by atoms with van der Waals surface area (Å²) >= 11 is 3.36. The largest absolute Gasteiger partial charge is 0.543 e. The van der Waals surface area contributed by atoms with Crippen LogP contribution in [0.2, 0.25) is 33.2 Å².